The molecule has 0 aliphatic rings. The molecule has 1 N–H and O–H groups in total. The number of H-pyrrole nitrogens is 1. The Morgan fingerprint density at radius 2 is 1.70 bits per heavy atom. The fraction of sp³-hybridized carbons (Fsp3) is 0.241. The molecule has 7 nitrogen and oxygen atoms in total. The molecule has 0 aliphatic heterocycles. The molecule has 5 aromatic rings. The second-order valence-electron chi connectivity index (χ2n) is 9.10. The monoisotopic (exact) mass is 496 g/mol. The van der Waals surface area contributed by atoms with Crippen LogP contribution in [0.3, 0.4) is 0 Å². The van der Waals surface area contributed by atoms with Crippen molar-refractivity contribution in [2.24, 2.45) is 0 Å². The zero-order valence-electron chi connectivity index (χ0n) is 20.9. The highest BCUT2D eigenvalue weighted by Crippen LogP contribution is 2.29. The van der Waals surface area contributed by atoms with Gasteiger partial charge >= 0.3 is 0 Å². The quantitative estimate of drug-likeness (QED) is 0.315. The number of hydrogen-bond acceptors (Lipinski definition) is 5. The molecule has 2 aromatic heterocycles. The van der Waals surface area contributed by atoms with E-state index in [9.17, 15) is 9.18 Å². The van der Waals surface area contributed by atoms with Crippen LogP contribution in [-0.4, -0.2) is 36.6 Å². The van der Waals surface area contributed by atoms with Gasteiger partial charge in [0.1, 0.15) is 11.9 Å². The molecule has 5 rings (SSSR count). The molecule has 0 saturated heterocycles. The Kier molecular flexibility index (Phi) is 7.18. The largest absolute Gasteiger partial charge is 0.322 e. The van der Waals surface area contributed by atoms with Gasteiger partial charge in [0.15, 0.2) is 5.82 Å². The Morgan fingerprint density at radius 1 is 0.946 bits per heavy atom. The maximum atomic E-state index is 13.5. The van der Waals surface area contributed by atoms with Gasteiger partial charge in [-0.1, -0.05) is 62.4 Å². The molecule has 0 amide bonds. The van der Waals surface area contributed by atoms with Crippen molar-refractivity contribution in [1.29, 1.82) is 0 Å². The van der Waals surface area contributed by atoms with Gasteiger partial charge in [-0.3, -0.25) is 9.69 Å². The highest BCUT2D eigenvalue weighted by molar-refractivity contribution is 5.80. The number of aryl methyl sites for hydroxylation is 1. The zero-order chi connectivity index (χ0) is 25.8. The van der Waals surface area contributed by atoms with Crippen LogP contribution in [0.15, 0.2) is 83.7 Å². The predicted octanol–water partition coefficient (Wildman–Crippen LogP) is 4.88. The van der Waals surface area contributed by atoms with Crippen LogP contribution < -0.4 is 5.56 Å². The van der Waals surface area contributed by atoms with Crippen molar-refractivity contribution in [2.75, 3.05) is 6.54 Å². The average Bonchev–Trinajstić information content (AvgIpc) is 3.37. The highest BCUT2D eigenvalue weighted by atomic mass is 19.1. The van der Waals surface area contributed by atoms with E-state index in [2.05, 4.69) is 57.5 Å². The van der Waals surface area contributed by atoms with E-state index < -0.39 is 6.04 Å². The van der Waals surface area contributed by atoms with E-state index in [4.69, 9.17) is 0 Å². The smallest absolute Gasteiger partial charge is 0.253 e. The predicted molar refractivity (Wildman–Crippen MR) is 142 cm³/mol. The van der Waals surface area contributed by atoms with Gasteiger partial charge in [0.05, 0.1) is 6.54 Å². The Bertz CT molecular complexity index is 1540. The SMILES string of the molecule is CCc1ccc2[nH]c(=O)c([C@@H](c3nnnn3Cc3ccc(F)cc3)N(CC)Cc3ccccc3)cc2c1. The molecular weight excluding hydrogens is 467 g/mol. The molecule has 37 heavy (non-hydrogen) atoms. The summed E-state index contributed by atoms with van der Waals surface area (Å²) in [4.78, 5) is 18.8. The van der Waals surface area contributed by atoms with Crippen LogP contribution in [0.2, 0.25) is 0 Å². The van der Waals surface area contributed by atoms with Gasteiger partial charge in [-0.05, 0) is 75.8 Å². The van der Waals surface area contributed by atoms with Crippen molar-refractivity contribution in [3.63, 3.8) is 0 Å². The summed E-state index contributed by atoms with van der Waals surface area (Å²) in [6.07, 6.45) is 0.902. The van der Waals surface area contributed by atoms with Crippen LogP contribution in [0.1, 0.15) is 48.0 Å². The van der Waals surface area contributed by atoms with Crippen molar-refractivity contribution in [2.45, 2.75) is 39.4 Å². The number of nitrogens with one attached hydrogen (secondary N) is 1. The van der Waals surface area contributed by atoms with Gasteiger partial charge in [-0.2, -0.15) is 0 Å². The average molecular weight is 497 g/mol. The van der Waals surface area contributed by atoms with Crippen molar-refractivity contribution in [1.82, 2.24) is 30.1 Å². The van der Waals surface area contributed by atoms with Gasteiger partial charge in [-0.25, -0.2) is 9.07 Å². The molecule has 0 saturated carbocycles. The standard InChI is InChI=1S/C29H29FN6O/c1-3-20-12-15-26-23(16-20)17-25(29(37)31-26)27(35(4-2)18-21-8-6-5-7-9-21)28-32-33-34-36(28)19-22-10-13-24(30)14-11-22/h5-17,27H,3-4,18-19H2,1-2H3,(H,31,37)/t27-/m0/s1. The molecule has 0 spiro atoms. The summed E-state index contributed by atoms with van der Waals surface area (Å²) in [5, 5.41) is 13.6. The lowest BCUT2D eigenvalue weighted by atomic mass is 10.0. The van der Waals surface area contributed by atoms with Crippen LogP contribution in [0.25, 0.3) is 10.9 Å². The van der Waals surface area contributed by atoms with Gasteiger partial charge < -0.3 is 4.98 Å². The molecule has 0 bridgehead atoms. The van der Waals surface area contributed by atoms with Crippen LogP contribution in [0, 0.1) is 5.82 Å². The lowest BCUT2D eigenvalue weighted by molar-refractivity contribution is 0.214. The van der Waals surface area contributed by atoms with Crippen LogP contribution in [-0.2, 0) is 19.5 Å². The number of nitrogens with zero attached hydrogens (tertiary/aromatic N) is 5. The summed E-state index contributed by atoms with van der Waals surface area (Å²) < 4.78 is 15.2. The number of tetrazole rings is 1. The van der Waals surface area contributed by atoms with E-state index in [-0.39, 0.29) is 11.4 Å². The third kappa shape index (κ3) is 5.34. The summed E-state index contributed by atoms with van der Waals surface area (Å²) >= 11 is 0. The molecule has 8 heteroatoms. The summed E-state index contributed by atoms with van der Waals surface area (Å²) in [7, 11) is 0. The molecule has 3 aromatic carbocycles. The maximum absolute atomic E-state index is 13.5. The number of halogens is 1. The molecule has 188 valence electrons. The molecule has 0 aliphatic carbocycles. The molecule has 1 atom stereocenters. The van der Waals surface area contributed by atoms with Crippen LogP contribution in [0.5, 0.6) is 0 Å². The summed E-state index contributed by atoms with van der Waals surface area (Å²) in [6, 6.07) is 24.0. The maximum Gasteiger partial charge on any atom is 0.253 e. The van der Waals surface area contributed by atoms with E-state index in [1.54, 1.807) is 16.8 Å². The molecular formula is C29H29FN6O. The van der Waals surface area contributed by atoms with E-state index in [1.165, 1.54) is 17.7 Å². The minimum Gasteiger partial charge on any atom is -0.322 e. The first-order valence-corrected chi connectivity index (χ1v) is 12.5. The van der Waals surface area contributed by atoms with Gasteiger partial charge in [0.2, 0.25) is 0 Å². The van der Waals surface area contributed by atoms with Crippen molar-refractivity contribution in [3.8, 4) is 0 Å². The summed E-state index contributed by atoms with van der Waals surface area (Å²) in [5.74, 6) is 0.256. The number of benzene rings is 3. The molecule has 2 heterocycles. The normalized spacial score (nSPS) is 12.3. The third-order valence-electron chi connectivity index (χ3n) is 6.69. The van der Waals surface area contributed by atoms with E-state index in [0.717, 1.165) is 28.5 Å². The summed E-state index contributed by atoms with van der Waals surface area (Å²) in [6.45, 7) is 5.80. The Morgan fingerprint density at radius 3 is 2.43 bits per heavy atom. The Balaban J connectivity index is 1.64. The zero-order valence-corrected chi connectivity index (χ0v) is 20.9. The molecule has 0 radical (unpaired) electrons. The molecule has 0 unspecified atom stereocenters. The Labute approximate surface area is 214 Å². The first-order chi connectivity index (χ1) is 18.1. The second-order valence-corrected chi connectivity index (χ2v) is 9.10. The molecule has 0 fully saturated rings. The fourth-order valence-corrected chi connectivity index (χ4v) is 4.68. The third-order valence-corrected chi connectivity index (χ3v) is 6.69. The van der Waals surface area contributed by atoms with Crippen LogP contribution in [0.4, 0.5) is 4.39 Å². The van der Waals surface area contributed by atoms with Crippen molar-refractivity contribution in [3.05, 3.63) is 123 Å². The first kappa shape index (κ1) is 24.5. The summed E-state index contributed by atoms with van der Waals surface area (Å²) in [5.41, 5.74) is 4.37. The van der Waals surface area contributed by atoms with Crippen LogP contribution >= 0.6 is 0 Å². The minimum absolute atomic E-state index is 0.176. The van der Waals surface area contributed by atoms with Crippen molar-refractivity contribution < 1.29 is 4.39 Å². The first-order valence-electron chi connectivity index (χ1n) is 12.5. The van der Waals surface area contributed by atoms with Gasteiger partial charge in [-0.15, -0.1) is 5.10 Å². The fourth-order valence-electron chi connectivity index (χ4n) is 4.68. The van der Waals surface area contributed by atoms with Crippen molar-refractivity contribution >= 4 is 10.9 Å². The minimum atomic E-state index is -0.501. The number of aromatic nitrogens is 5. The number of fused-ring (bicyclic) bond motifs is 1. The Hall–Kier alpha value is -4.17. The number of pyridine rings is 1. The lowest BCUT2D eigenvalue weighted by Gasteiger charge is -2.30. The van der Waals surface area contributed by atoms with Gasteiger partial charge in [0.25, 0.3) is 5.56 Å². The topological polar surface area (TPSA) is 79.7 Å². The highest BCUT2D eigenvalue weighted by Gasteiger charge is 2.30. The van der Waals surface area contributed by atoms with Gasteiger partial charge in [0, 0.05) is 17.6 Å². The van der Waals surface area contributed by atoms with E-state index in [0.29, 0.717) is 31.0 Å². The number of hydrogen-bond donors (Lipinski definition) is 1. The van der Waals surface area contributed by atoms with E-state index in [1.807, 2.05) is 36.4 Å². The second kappa shape index (κ2) is 10.8. The number of aromatic amines is 1. The lowest BCUT2D eigenvalue weighted by Crippen LogP contribution is -2.35. The number of rotatable bonds is 9. The van der Waals surface area contributed by atoms with E-state index >= 15 is 0 Å².